The molecule has 1 heterocycles. The van der Waals surface area contributed by atoms with Crippen LogP contribution in [0.2, 0.25) is 0 Å². The normalized spacial score (nSPS) is 11.5. The largest absolute Gasteiger partial charge is 0.444 e. The van der Waals surface area contributed by atoms with Gasteiger partial charge in [0.2, 0.25) is 11.8 Å². The summed E-state index contributed by atoms with van der Waals surface area (Å²) in [4.78, 5) is 20.6. The second-order valence-electron chi connectivity index (χ2n) is 6.10. The van der Waals surface area contributed by atoms with E-state index in [-0.39, 0.29) is 11.9 Å². The molecule has 0 unspecified atom stereocenters. The highest BCUT2D eigenvalue weighted by molar-refractivity contribution is 5.81. The lowest BCUT2D eigenvalue weighted by molar-refractivity contribution is -0.121. The second kappa shape index (κ2) is 10.2. The van der Waals surface area contributed by atoms with Gasteiger partial charge in [0.05, 0.1) is 6.54 Å². The highest BCUT2D eigenvalue weighted by Gasteiger charge is 2.07. The first-order chi connectivity index (χ1) is 12.6. The van der Waals surface area contributed by atoms with E-state index in [1.807, 2.05) is 51.1 Å². The molecule has 0 radical (unpaired) electrons. The number of amides is 1. The van der Waals surface area contributed by atoms with Crippen LogP contribution in [0, 0.1) is 0 Å². The molecule has 0 bridgehead atoms. The fourth-order valence-corrected chi connectivity index (χ4v) is 2.28. The SMILES string of the molecule is CCNC(=NCc1coc(-c2ccccc2)n1)NCCC(=O)NC(C)C. The second-order valence-corrected chi connectivity index (χ2v) is 6.10. The molecule has 0 aliphatic rings. The summed E-state index contributed by atoms with van der Waals surface area (Å²) in [5.74, 6) is 1.25. The Labute approximate surface area is 154 Å². The maximum atomic E-state index is 11.7. The summed E-state index contributed by atoms with van der Waals surface area (Å²) in [6.07, 6.45) is 2.01. The van der Waals surface area contributed by atoms with Crippen LogP contribution in [0.25, 0.3) is 11.5 Å². The number of nitrogens with one attached hydrogen (secondary N) is 3. The van der Waals surface area contributed by atoms with Gasteiger partial charge in [0.1, 0.15) is 12.0 Å². The standard InChI is InChI=1S/C19H27N5O2/c1-4-20-19(21-11-10-17(25)23-14(2)3)22-12-16-13-26-18(24-16)15-8-6-5-7-9-15/h5-9,13-14H,4,10-12H2,1-3H3,(H,23,25)(H2,20,21,22). The van der Waals surface area contributed by atoms with Crippen molar-refractivity contribution in [1.29, 1.82) is 0 Å². The number of aliphatic imine (C=N–C) groups is 1. The molecular weight excluding hydrogens is 330 g/mol. The highest BCUT2D eigenvalue weighted by Crippen LogP contribution is 2.18. The van der Waals surface area contributed by atoms with Gasteiger partial charge in [-0.15, -0.1) is 0 Å². The third-order valence-electron chi connectivity index (χ3n) is 3.41. The number of benzene rings is 1. The van der Waals surface area contributed by atoms with E-state index < -0.39 is 0 Å². The molecule has 7 nitrogen and oxygen atoms in total. The molecule has 0 fully saturated rings. The lowest BCUT2D eigenvalue weighted by Crippen LogP contribution is -2.40. The van der Waals surface area contributed by atoms with Crippen molar-refractivity contribution in [3.63, 3.8) is 0 Å². The average molecular weight is 357 g/mol. The van der Waals surface area contributed by atoms with Gasteiger partial charge in [-0.05, 0) is 32.9 Å². The smallest absolute Gasteiger partial charge is 0.226 e. The molecule has 2 aromatic rings. The lowest BCUT2D eigenvalue weighted by atomic mass is 10.2. The molecule has 0 saturated carbocycles. The first-order valence-corrected chi connectivity index (χ1v) is 8.90. The molecule has 0 atom stereocenters. The van der Waals surface area contributed by atoms with E-state index in [1.54, 1.807) is 6.26 Å². The molecule has 3 N–H and O–H groups in total. The molecule has 140 valence electrons. The predicted molar refractivity (Wildman–Crippen MR) is 103 cm³/mol. The fraction of sp³-hybridized carbons (Fsp3) is 0.421. The number of hydrogen-bond donors (Lipinski definition) is 3. The predicted octanol–water partition coefficient (Wildman–Crippen LogP) is 2.31. The van der Waals surface area contributed by atoms with E-state index in [9.17, 15) is 4.79 Å². The molecule has 26 heavy (non-hydrogen) atoms. The number of hydrogen-bond acceptors (Lipinski definition) is 4. The van der Waals surface area contributed by atoms with E-state index in [1.165, 1.54) is 0 Å². The summed E-state index contributed by atoms with van der Waals surface area (Å²) in [7, 11) is 0. The Morgan fingerprint density at radius 3 is 2.69 bits per heavy atom. The minimum Gasteiger partial charge on any atom is -0.444 e. The Kier molecular flexibility index (Phi) is 7.67. The maximum Gasteiger partial charge on any atom is 0.226 e. The van der Waals surface area contributed by atoms with Crippen LogP contribution in [0.15, 0.2) is 46.0 Å². The van der Waals surface area contributed by atoms with Crippen molar-refractivity contribution in [3.05, 3.63) is 42.3 Å². The van der Waals surface area contributed by atoms with Crippen molar-refractivity contribution in [3.8, 4) is 11.5 Å². The summed E-state index contributed by atoms with van der Waals surface area (Å²) >= 11 is 0. The summed E-state index contributed by atoms with van der Waals surface area (Å²) < 4.78 is 5.52. The zero-order valence-corrected chi connectivity index (χ0v) is 15.6. The Bertz CT molecular complexity index is 710. The van der Waals surface area contributed by atoms with E-state index in [0.717, 1.165) is 17.8 Å². The number of aromatic nitrogens is 1. The van der Waals surface area contributed by atoms with Gasteiger partial charge in [0, 0.05) is 31.1 Å². The Balaban J connectivity index is 1.88. The first kappa shape index (κ1) is 19.5. The van der Waals surface area contributed by atoms with Crippen LogP contribution in [0.3, 0.4) is 0 Å². The number of rotatable bonds is 8. The molecule has 1 aromatic heterocycles. The molecule has 0 spiro atoms. The third-order valence-corrected chi connectivity index (χ3v) is 3.41. The van der Waals surface area contributed by atoms with E-state index >= 15 is 0 Å². The van der Waals surface area contributed by atoms with Crippen molar-refractivity contribution in [2.45, 2.75) is 39.8 Å². The molecule has 0 aliphatic carbocycles. The molecule has 2 rings (SSSR count). The quantitative estimate of drug-likeness (QED) is 0.498. The molecule has 7 heteroatoms. The van der Waals surface area contributed by atoms with Crippen molar-refractivity contribution in [1.82, 2.24) is 20.9 Å². The van der Waals surface area contributed by atoms with E-state index in [0.29, 0.717) is 31.4 Å². The van der Waals surface area contributed by atoms with Crippen LogP contribution >= 0.6 is 0 Å². The Morgan fingerprint density at radius 2 is 2.00 bits per heavy atom. The van der Waals surface area contributed by atoms with Gasteiger partial charge in [0.15, 0.2) is 5.96 Å². The number of guanidine groups is 1. The van der Waals surface area contributed by atoms with E-state index in [4.69, 9.17) is 4.42 Å². The monoisotopic (exact) mass is 357 g/mol. The zero-order valence-electron chi connectivity index (χ0n) is 15.6. The van der Waals surface area contributed by atoms with Crippen LogP contribution in [-0.2, 0) is 11.3 Å². The van der Waals surface area contributed by atoms with Crippen LogP contribution in [0.1, 0.15) is 32.9 Å². The molecule has 1 amide bonds. The molecule has 0 aliphatic heterocycles. The first-order valence-electron chi connectivity index (χ1n) is 8.90. The Hall–Kier alpha value is -2.83. The Morgan fingerprint density at radius 1 is 1.23 bits per heavy atom. The molecule has 0 saturated heterocycles. The van der Waals surface area contributed by atoms with Crippen LogP contribution in [0.5, 0.6) is 0 Å². The summed E-state index contributed by atoms with van der Waals surface area (Å²) in [6, 6.07) is 9.89. The number of oxazole rings is 1. The minimum atomic E-state index is 0.0207. The van der Waals surface area contributed by atoms with Crippen LogP contribution < -0.4 is 16.0 Å². The van der Waals surface area contributed by atoms with Crippen molar-refractivity contribution in [2.75, 3.05) is 13.1 Å². The number of nitrogens with zero attached hydrogens (tertiary/aromatic N) is 2. The van der Waals surface area contributed by atoms with Gasteiger partial charge in [-0.25, -0.2) is 9.98 Å². The highest BCUT2D eigenvalue weighted by atomic mass is 16.3. The molecule has 1 aromatic carbocycles. The van der Waals surface area contributed by atoms with E-state index in [2.05, 4.69) is 25.9 Å². The summed E-state index contributed by atoms with van der Waals surface area (Å²) in [6.45, 7) is 7.52. The van der Waals surface area contributed by atoms with Gasteiger partial charge in [-0.3, -0.25) is 4.79 Å². The van der Waals surface area contributed by atoms with Gasteiger partial charge in [0.25, 0.3) is 0 Å². The number of carbonyl (C=O) groups excluding carboxylic acids is 1. The van der Waals surface area contributed by atoms with Crippen molar-refractivity contribution >= 4 is 11.9 Å². The molecular formula is C19H27N5O2. The summed E-state index contributed by atoms with van der Waals surface area (Å²) in [5, 5.41) is 9.17. The lowest BCUT2D eigenvalue weighted by Gasteiger charge is -2.12. The topological polar surface area (TPSA) is 91.6 Å². The van der Waals surface area contributed by atoms with Crippen molar-refractivity contribution < 1.29 is 9.21 Å². The van der Waals surface area contributed by atoms with Gasteiger partial charge in [-0.2, -0.15) is 0 Å². The number of carbonyl (C=O) groups is 1. The average Bonchev–Trinajstić information content (AvgIpc) is 3.09. The van der Waals surface area contributed by atoms with Gasteiger partial charge >= 0.3 is 0 Å². The van der Waals surface area contributed by atoms with Gasteiger partial charge < -0.3 is 20.4 Å². The maximum absolute atomic E-state index is 11.7. The van der Waals surface area contributed by atoms with Gasteiger partial charge in [-0.1, -0.05) is 18.2 Å². The zero-order chi connectivity index (χ0) is 18.8. The van der Waals surface area contributed by atoms with Crippen LogP contribution in [0.4, 0.5) is 0 Å². The summed E-state index contributed by atoms with van der Waals surface area (Å²) in [5.41, 5.74) is 1.68. The van der Waals surface area contributed by atoms with Crippen LogP contribution in [-0.4, -0.2) is 36.0 Å². The third kappa shape index (κ3) is 6.58. The minimum absolute atomic E-state index is 0.0207. The van der Waals surface area contributed by atoms with Crippen molar-refractivity contribution in [2.24, 2.45) is 4.99 Å². The fourth-order valence-electron chi connectivity index (χ4n) is 2.28.